The van der Waals surface area contributed by atoms with Crippen LogP contribution < -0.4 is 5.32 Å². The van der Waals surface area contributed by atoms with Crippen molar-refractivity contribution in [1.29, 1.82) is 0 Å². The van der Waals surface area contributed by atoms with Crippen LogP contribution in [0.4, 0.5) is 5.13 Å². The number of aliphatic carboxylic acids is 1. The quantitative estimate of drug-likeness (QED) is 0.873. The van der Waals surface area contributed by atoms with Crippen LogP contribution in [0, 0.1) is 0 Å². The molecule has 102 valence electrons. The first-order valence-electron chi connectivity index (χ1n) is 5.81. The molecule has 2 N–H and O–H groups in total. The summed E-state index contributed by atoms with van der Waals surface area (Å²) in [6.07, 6.45) is 1.73. The minimum absolute atomic E-state index is 0.567. The lowest BCUT2D eigenvalue weighted by Crippen LogP contribution is -2.28. The van der Waals surface area contributed by atoms with Gasteiger partial charge in [-0.2, -0.15) is 5.10 Å². The first-order valence-corrected chi connectivity index (χ1v) is 6.69. The molecular formula is C12H16N4O2S. The van der Waals surface area contributed by atoms with Gasteiger partial charge >= 0.3 is 5.97 Å². The molecule has 2 aromatic rings. The van der Waals surface area contributed by atoms with Crippen LogP contribution in [0.25, 0.3) is 0 Å². The smallest absolute Gasteiger partial charge is 0.315 e. The fraction of sp³-hybridized carbons (Fsp3) is 0.417. The molecule has 0 radical (unpaired) electrons. The third kappa shape index (κ3) is 2.76. The molecule has 0 fully saturated rings. The number of hydrogen-bond donors (Lipinski definition) is 2. The van der Waals surface area contributed by atoms with E-state index in [-0.39, 0.29) is 0 Å². The molecule has 0 amide bonds. The van der Waals surface area contributed by atoms with Crippen molar-refractivity contribution in [2.45, 2.75) is 25.8 Å². The molecule has 0 aliphatic rings. The van der Waals surface area contributed by atoms with E-state index in [1.54, 1.807) is 30.1 Å². The van der Waals surface area contributed by atoms with Crippen LogP contribution in [0.5, 0.6) is 0 Å². The van der Waals surface area contributed by atoms with Gasteiger partial charge in [0, 0.05) is 18.6 Å². The molecule has 2 aromatic heterocycles. The molecule has 2 heterocycles. The molecule has 0 saturated carbocycles. The molecule has 6 nitrogen and oxygen atoms in total. The third-order valence-electron chi connectivity index (χ3n) is 3.02. The first kappa shape index (κ1) is 13.5. The molecule has 0 aliphatic heterocycles. The summed E-state index contributed by atoms with van der Waals surface area (Å²) in [4.78, 5) is 15.5. The van der Waals surface area contributed by atoms with Crippen molar-refractivity contribution in [2.75, 3.05) is 5.32 Å². The van der Waals surface area contributed by atoms with E-state index in [0.29, 0.717) is 17.4 Å². The van der Waals surface area contributed by atoms with Crippen LogP contribution in [-0.4, -0.2) is 25.8 Å². The fourth-order valence-electron chi connectivity index (χ4n) is 1.49. The standard InChI is InChI=1S/C12H16N4O2S/c1-12(2,10(17)18)9-7-19-11(15-9)13-6-8-4-5-14-16(8)3/h4-5,7H,6H2,1-3H3,(H,13,15)(H,17,18). The highest BCUT2D eigenvalue weighted by Crippen LogP contribution is 2.27. The van der Waals surface area contributed by atoms with Gasteiger partial charge < -0.3 is 10.4 Å². The number of aromatic nitrogens is 3. The summed E-state index contributed by atoms with van der Waals surface area (Å²) in [6.45, 7) is 3.90. The van der Waals surface area contributed by atoms with Crippen LogP contribution in [0.2, 0.25) is 0 Å². The van der Waals surface area contributed by atoms with E-state index < -0.39 is 11.4 Å². The molecule has 7 heteroatoms. The van der Waals surface area contributed by atoms with E-state index in [4.69, 9.17) is 5.11 Å². The molecule has 0 bridgehead atoms. The highest BCUT2D eigenvalue weighted by molar-refractivity contribution is 7.13. The summed E-state index contributed by atoms with van der Waals surface area (Å²) in [7, 11) is 1.87. The van der Waals surface area contributed by atoms with Crippen molar-refractivity contribution in [2.24, 2.45) is 7.05 Å². The number of nitrogens with zero attached hydrogens (tertiary/aromatic N) is 3. The van der Waals surface area contributed by atoms with E-state index >= 15 is 0 Å². The predicted molar refractivity (Wildman–Crippen MR) is 73.3 cm³/mol. The van der Waals surface area contributed by atoms with Crippen LogP contribution in [0.3, 0.4) is 0 Å². The average molecular weight is 280 g/mol. The maximum absolute atomic E-state index is 11.2. The van der Waals surface area contributed by atoms with E-state index in [1.807, 2.05) is 13.1 Å². The van der Waals surface area contributed by atoms with Gasteiger partial charge in [0.15, 0.2) is 5.13 Å². The lowest BCUT2D eigenvalue weighted by atomic mass is 9.90. The second-order valence-electron chi connectivity index (χ2n) is 4.77. The Balaban J connectivity index is 2.06. The number of nitrogens with one attached hydrogen (secondary N) is 1. The molecule has 0 aliphatic carbocycles. The average Bonchev–Trinajstić information content (AvgIpc) is 2.95. The van der Waals surface area contributed by atoms with Gasteiger partial charge in [0.1, 0.15) is 5.41 Å². The maximum Gasteiger partial charge on any atom is 0.315 e. The van der Waals surface area contributed by atoms with Crippen LogP contribution >= 0.6 is 11.3 Å². The Morgan fingerprint density at radius 2 is 2.32 bits per heavy atom. The zero-order valence-electron chi connectivity index (χ0n) is 11.0. The topological polar surface area (TPSA) is 80.0 Å². The molecule has 0 unspecified atom stereocenters. The largest absolute Gasteiger partial charge is 0.481 e. The molecule has 0 saturated heterocycles. The normalized spacial score (nSPS) is 11.5. The number of anilines is 1. The molecular weight excluding hydrogens is 264 g/mol. The van der Waals surface area contributed by atoms with Gasteiger partial charge in [-0.3, -0.25) is 9.48 Å². The predicted octanol–water partition coefficient (Wildman–Crippen LogP) is 1.85. The molecule has 2 rings (SSSR count). The Hall–Kier alpha value is -1.89. The monoisotopic (exact) mass is 280 g/mol. The molecule has 0 spiro atoms. The second-order valence-corrected chi connectivity index (χ2v) is 5.63. The summed E-state index contributed by atoms with van der Waals surface area (Å²) in [5.41, 5.74) is 0.634. The number of carboxylic acids is 1. The van der Waals surface area contributed by atoms with Crippen LogP contribution in [0.15, 0.2) is 17.6 Å². The van der Waals surface area contributed by atoms with Crippen LogP contribution in [0.1, 0.15) is 25.2 Å². The highest BCUT2D eigenvalue weighted by atomic mass is 32.1. The molecule has 0 atom stereocenters. The number of rotatable bonds is 5. The van der Waals surface area contributed by atoms with Gasteiger partial charge in [-0.1, -0.05) is 0 Å². The minimum Gasteiger partial charge on any atom is -0.481 e. The number of aryl methyl sites for hydroxylation is 1. The summed E-state index contributed by atoms with van der Waals surface area (Å²) in [5.74, 6) is -0.879. The lowest BCUT2D eigenvalue weighted by Gasteiger charge is -2.15. The van der Waals surface area contributed by atoms with Crippen molar-refractivity contribution < 1.29 is 9.90 Å². The number of carboxylic acid groups (broad SMARTS) is 1. The Morgan fingerprint density at radius 1 is 1.58 bits per heavy atom. The zero-order valence-corrected chi connectivity index (χ0v) is 11.9. The number of hydrogen-bond acceptors (Lipinski definition) is 5. The van der Waals surface area contributed by atoms with Crippen molar-refractivity contribution in [3.05, 3.63) is 29.0 Å². The Bertz CT molecular complexity index is 588. The lowest BCUT2D eigenvalue weighted by molar-refractivity contribution is -0.142. The van der Waals surface area contributed by atoms with Gasteiger partial charge in [0.2, 0.25) is 0 Å². The Labute approximate surface area is 115 Å². The van der Waals surface area contributed by atoms with Crippen molar-refractivity contribution in [1.82, 2.24) is 14.8 Å². The van der Waals surface area contributed by atoms with E-state index in [0.717, 1.165) is 5.69 Å². The Morgan fingerprint density at radius 3 is 2.89 bits per heavy atom. The van der Waals surface area contributed by atoms with Crippen LogP contribution in [-0.2, 0) is 23.8 Å². The van der Waals surface area contributed by atoms with Gasteiger partial charge in [-0.05, 0) is 19.9 Å². The van der Waals surface area contributed by atoms with E-state index in [9.17, 15) is 4.79 Å². The summed E-state index contributed by atoms with van der Waals surface area (Å²) in [6, 6.07) is 1.92. The van der Waals surface area contributed by atoms with Gasteiger partial charge in [0.05, 0.1) is 17.9 Å². The van der Waals surface area contributed by atoms with E-state index in [1.165, 1.54) is 11.3 Å². The Kier molecular flexibility index (Phi) is 3.57. The zero-order chi connectivity index (χ0) is 14.0. The minimum atomic E-state index is -0.969. The van der Waals surface area contributed by atoms with Crippen molar-refractivity contribution >= 4 is 22.4 Å². The number of thiazole rings is 1. The third-order valence-corrected chi connectivity index (χ3v) is 3.82. The van der Waals surface area contributed by atoms with Crippen molar-refractivity contribution in [3.63, 3.8) is 0 Å². The second kappa shape index (κ2) is 5.00. The van der Waals surface area contributed by atoms with Gasteiger partial charge in [-0.25, -0.2) is 4.98 Å². The molecule has 19 heavy (non-hydrogen) atoms. The molecule has 0 aromatic carbocycles. The summed E-state index contributed by atoms with van der Waals surface area (Å²) in [5, 5.41) is 18.9. The SMILES string of the molecule is Cn1nccc1CNc1nc(C(C)(C)C(=O)O)cs1. The number of carbonyl (C=O) groups is 1. The van der Waals surface area contributed by atoms with Gasteiger partial charge in [0.25, 0.3) is 0 Å². The van der Waals surface area contributed by atoms with Gasteiger partial charge in [-0.15, -0.1) is 11.3 Å². The van der Waals surface area contributed by atoms with E-state index in [2.05, 4.69) is 15.4 Å². The summed E-state index contributed by atoms with van der Waals surface area (Å²) >= 11 is 1.41. The first-order chi connectivity index (χ1) is 8.91. The highest BCUT2D eigenvalue weighted by Gasteiger charge is 2.32. The maximum atomic E-state index is 11.2. The van der Waals surface area contributed by atoms with Crippen molar-refractivity contribution in [3.8, 4) is 0 Å². The summed E-state index contributed by atoms with van der Waals surface area (Å²) < 4.78 is 1.78. The fourth-order valence-corrected chi connectivity index (χ4v) is 2.37.